The largest absolute Gasteiger partial charge is 0.444 e. The minimum absolute atomic E-state index is 0.0745. The van der Waals surface area contributed by atoms with E-state index in [-0.39, 0.29) is 11.8 Å². The fraction of sp³-hybridized carbons (Fsp3) is 0.667. The second kappa shape index (κ2) is 12.9. The molecule has 1 aromatic rings. The van der Waals surface area contributed by atoms with Crippen LogP contribution in [0.15, 0.2) is 18.2 Å². The number of ether oxygens (including phenoxy) is 1. The van der Waals surface area contributed by atoms with Crippen molar-refractivity contribution in [3.63, 3.8) is 0 Å². The molecule has 1 saturated carbocycles. The van der Waals surface area contributed by atoms with E-state index >= 15 is 0 Å². The number of aliphatic hydroxyl groups excluding tert-OH is 1. The molecule has 2 aliphatic rings. The van der Waals surface area contributed by atoms with Gasteiger partial charge in [0.2, 0.25) is 5.91 Å². The molecule has 1 heterocycles. The van der Waals surface area contributed by atoms with Crippen molar-refractivity contribution in [2.75, 3.05) is 13.1 Å². The van der Waals surface area contributed by atoms with Crippen molar-refractivity contribution in [2.45, 2.75) is 96.4 Å². The van der Waals surface area contributed by atoms with Crippen LogP contribution in [-0.2, 0) is 27.3 Å². The van der Waals surface area contributed by atoms with Crippen molar-refractivity contribution in [1.82, 2.24) is 15.5 Å². The fourth-order valence-corrected chi connectivity index (χ4v) is 5.27. The maximum Gasteiger partial charge on any atom is 0.407 e. The number of hydrogen-bond donors (Lipinski definition) is 3. The van der Waals surface area contributed by atoms with Gasteiger partial charge in [-0.25, -0.2) is 4.79 Å². The summed E-state index contributed by atoms with van der Waals surface area (Å²) in [6, 6.07) is 5.19. The van der Waals surface area contributed by atoms with Gasteiger partial charge >= 0.3 is 6.09 Å². The Morgan fingerprint density at radius 3 is 2.53 bits per heavy atom. The van der Waals surface area contributed by atoms with Gasteiger partial charge in [-0.1, -0.05) is 36.9 Å². The number of benzene rings is 1. The van der Waals surface area contributed by atoms with Crippen molar-refractivity contribution in [3.05, 3.63) is 34.3 Å². The lowest BCUT2D eigenvalue weighted by Gasteiger charge is -2.27. The number of imide groups is 1. The molecule has 0 bridgehead atoms. The van der Waals surface area contributed by atoms with Gasteiger partial charge in [-0.05, 0) is 88.6 Å². The van der Waals surface area contributed by atoms with E-state index in [0.29, 0.717) is 31.0 Å². The van der Waals surface area contributed by atoms with E-state index < -0.39 is 29.7 Å². The standard InChI is InChI=1S/C27H40ClN3O5/c1-27(2,3)36-26(35)29-14-13-18-11-12-21(28)16-20(18)17-31-15-7-10-22(31)24(33)30-25(34)23(32)19-8-5-4-6-9-19/h11-12,16,19,22-23,32H,4-10,13-15,17H2,1-3H3,(H,29,35)(H,30,33,34)/t22-,23+/m0/s1. The normalized spacial score (nSPS) is 20.1. The molecule has 1 saturated heterocycles. The number of alkyl carbamates (subject to hydrolysis) is 1. The van der Waals surface area contributed by atoms with Crippen LogP contribution in [0, 0.1) is 5.92 Å². The summed E-state index contributed by atoms with van der Waals surface area (Å²) in [4.78, 5) is 39.6. The number of rotatable bonds is 8. The van der Waals surface area contributed by atoms with Crippen LogP contribution in [0.1, 0.15) is 76.8 Å². The van der Waals surface area contributed by atoms with E-state index in [4.69, 9.17) is 16.3 Å². The number of nitrogens with zero attached hydrogens (tertiary/aromatic N) is 1. The Balaban J connectivity index is 1.58. The lowest BCUT2D eigenvalue weighted by Crippen LogP contribution is -2.49. The molecule has 36 heavy (non-hydrogen) atoms. The lowest BCUT2D eigenvalue weighted by molar-refractivity contribution is -0.140. The van der Waals surface area contributed by atoms with Gasteiger partial charge in [0.1, 0.15) is 11.7 Å². The molecule has 2 atom stereocenters. The van der Waals surface area contributed by atoms with Crippen LogP contribution in [0.3, 0.4) is 0 Å². The molecule has 1 aliphatic heterocycles. The van der Waals surface area contributed by atoms with E-state index in [2.05, 4.69) is 10.6 Å². The quantitative estimate of drug-likeness (QED) is 0.478. The zero-order valence-corrected chi connectivity index (χ0v) is 22.4. The van der Waals surface area contributed by atoms with Gasteiger partial charge in [0.05, 0.1) is 6.04 Å². The summed E-state index contributed by atoms with van der Waals surface area (Å²) in [6.07, 6.45) is 5.25. The van der Waals surface area contributed by atoms with E-state index in [0.717, 1.165) is 56.2 Å². The molecule has 0 unspecified atom stereocenters. The minimum atomic E-state index is -1.14. The van der Waals surface area contributed by atoms with E-state index in [1.165, 1.54) is 0 Å². The highest BCUT2D eigenvalue weighted by molar-refractivity contribution is 6.30. The molecule has 1 aromatic carbocycles. The predicted molar refractivity (Wildman–Crippen MR) is 139 cm³/mol. The third-order valence-electron chi connectivity index (χ3n) is 6.88. The Morgan fingerprint density at radius 1 is 1.11 bits per heavy atom. The van der Waals surface area contributed by atoms with Crippen LogP contribution < -0.4 is 10.6 Å². The van der Waals surface area contributed by atoms with Gasteiger partial charge in [-0.3, -0.25) is 19.8 Å². The average Bonchev–Trinajstić information content (AvgIpc) is 3.27. The number of likely N-dealkylation sites (tertiary alicyclic amines) is 1. The molecule has 8 nitrogen and oxygen atoms in total. The summed E-state index contributed by atoms with van der Waals surface area (Å²) in [5.74, 6) is -1.02. The number of hydrogen-bond acceptors (Lipinski definition) is 6. The van der Waals surface area contributed by atoms with Crippen LogP contribution in [0.25, 0.3) is 0 Å². The van der Waals surface area contributed by atoms with Gasteiger partial charge < -0.3 is 15.2 Å². The number of carbonyl (C=O) groups is 3. The molecule has 0 radical (unpaired) electrons. The Bertz CT molecular complexity index is 926. The highest BCUT2D eigenvalue weighted by atomic mass is 35.5. The summed E-state index contributed by atoms with van der Waals surface area (Å²) >= 11 is 6.28. The second-order valence-electron chi connectivity index (χ2n) is 10.9. The van der Waals surface area contributed by atoms with Crippen molar-refractivity contribution in [3.8, 4) is 0 Å². The van der Waals surface area contributed by atoms with Crippen LogP contribution in [-0.4, -0.2) is 58.8 Å². The third kappa shape index (κ3) is 8.46. The molecule has 9 heteroatoms. The SMILES string of the molecule is CC(C)(C)OC(=O)NCCc1ccc(Cl)cc1CN1CCC[C@H]1C(=O)NC(=O)[C@H](O)C1CCCCC1. The van der Waals surface area contributed by atoms with Crippen LogP contribution in [0.4, 0.5) is 4.79 Å². The van der Waals surface area contributed by atoms with Crippen molar-refractivity contribution in [2.24, 2.45) is 5.92 Å². The van der Waals surface area contributed by atoms with Gasteiger partial charge in [0.15, 0.2) is 0 Å². The van der Waals surface area contributed by atoms with Crippen molar-refractivity contribution < 1.29 is 24.2 Å². The average molecular weight is 522 g/mol. The first-order valence-corrected chi connectivity index (χ1v) is 13.4. The van der Waals surface area contributed by atoms with Gasteiger partial charge in [-0.15, -0.1) is 0 Å². The first-order valence-electron chi connectivity index (χ1n) is 13.0. The van der Waals surface area contributed by atoms with Crippen LogP contribution in [0.2, 0.25) is 5.02 Å². The zero-order valence-electron chi connectivity index (χ0n) is 21.6. The molecule has 3 N–H and O–H groups in total. The topological polar surface area (TPSA) is 108 Å². The Labute approximate surface area is 219 Å². The number of amides is 3. The molecule has 3 rings (SSSR count). The van der Waals surface area contributed by atoms with Gasteiger partial charge in [0, 0.05) is 18.1 Å². The maximum atomic E-state index is 13.0. The van der Waals surface area contributed by atoms with Gasteiger partial charge in [-0.2, -0.15) is 0 Å². The molecule has 0 aromatic heterocycles. The molecule has 200 valence electrons. The summed E-state index contributed by atoms with van der Waals surface area (Å²) in [5.41, 5.74) is 1.43. The first-order chi connectivity index (χ1) is 17.0. The number of nitrogens with one attached hydrogen (secondary N) is 2. The van der Waals surface area contributed by atoms with Crippen LogP contribution in [0.5, 0.6) is 0 Å². The monoisotopic (exact) mass is 521 g/mol. The second-order valence-corrected chi connectivity index (χ2v) is 11.4. The lowest BCUT2D eigenvalue weighted by atomic mass is 9.85. The third-order valence-corrected chi connectivity index (χ3v) is 7.12. The summed E-state index contributed by atoms with van der Waals surface area (Å²) in [6.45, 7) is 7.07. The van der Waals surface area contributed by atoms with Crippen molar-refractivity contribution >= 4 is 29.5 Å². The highest BCUT2D eigenvalue weighted by Gasteiger charge is 2.34. The zero-order chi connectivity index (χ0) is 26.3. The molecule has 3 amide bonds. The smallest absolute Gasteiger partial charge is 0.407 e. The molecular formula is C27H40ClN3O5. The molecule has 1 aliphatic carbocycles. The Kier molecular flexibility index (Phi) is 10.2. The fourth-order valence-electron chi connectivity index (χ4n) is 5.07. The Morgan fingerprint density at radius 2 is 1.83 bits per heavy atom. The summed E-state index contributed by atoms with van der Waals surface area (Å²) < 4.78 is 5.29. The highest BCUT2D eigenvalue weighted by Crippen LogP contribution is 2.27. The van der Waals surface area contributed by atoms with E-state index in [1.54, 1.807) is 0 Å². The number of aliphatic hydroxyl groups is 1. The Hall–Kier alpha value is -2.16. The minimum Gasteiger partial charge on any atom is -0.444 e. The predicted octanol–water partition coefficient (Wildman–Crippen LogP) is 3.96. The summed E-state index contributed by atoms with van der Waals surface area (Å²) in [7, 11) is 0. The van der Waals surface area contributed by atoms with E-state index in [1.807, 2.05) is 43.9 Å². The molecule has 2 fully saturated rings. The van der Waals surface area contributed by atoms with Gasteiger partial charge in [0.25, 0.3) is 5.91 Å². The number of carbonyl (C=O) groups excluding carboxylic acids is 3. The maximum absolute atomic E-state index is 13.0. The first kappa shape index (κ1) is 28.4. The van der Waals surface area contributed by atoms with Crippen molar-refractivity contribution in [1.29, 1.82) is 0 Å². The van der Waals surface area contributed by atoms with Crippen LogP contribution >= 0.6 is 11.6 Å². The molecular weight excluding hydrogens is 482 g/mol. The van der Waals surface area contributed by atoms with E-state index in [9.17, 15) is 19.5 Å². The number of halogens is 1. The summed E-state index contributed by atoms with van der Waals surface area (Å²) in [5, 5.41) is 16.3. The molecule has 0 spiro atoms.